The summed E-state index contributed by atoms with van der Waals surface area (Å²) in [6.45, 7) is 2.57. The third-order valence-electron chi connectivity index (χ3n) is 2.29. The average molecular weight is 270 g/mol. The van der Waals surface area contributed by atoms with E-state index in [-0.39, 0.29) is 11.7 Å². The van der Waals surface area contributed by atoms with E-state index in [1.807, 2.05) is 31.2 Å². The SMILES string of the molecule is CC(CN)CC(=O)Cc1ccc(Br)cc1. The maximum absolute atomic E-state index is 11.6. The summed E-state index contributed by atoms with van der Waals surface area (Å²) < 4.78 is 1.04. The molecule has 2 nitrogen and oxygen atoms in total. The van der Waals surface area contributed by atoms with Crippen LogP contribution in [0.5, 0.6) is 0 Å². The summed E-state index contributed by atoms with van der Waals surface area (Å²) in [5, 5.41) is 0. The van der Waals surface area contributed by atoms with Gasteiger partial charge in [0, 0.05) is 17.3 Å². The first kappa shape index (κ1) is 12.4. The molecule has 0 fully saturated rings. The van der Waals surface area contributed by atoms with E-state index in [1.165, 1.54) is 0 Å². The summed E-state index contributed by atoms with van der Waals surface area (Å²) in [6.07, 6.45) is 1.09. The van der Waals surface area contributed by atoms with E-state index in [0.29, 0.717) is 19.4 Å². The highest BCUT2D eigenvalue weighted by Crippen LogP contribution is 2.12. The second-order valence-electron chi connectivity index (χ2n) is 3.89. The van der Waals surface area contributed by atoms with Gasteiger partial charge in [0.2, 0.25) is 0 Å². The largest absolute Gasteiger partial charge is 0.330 e. The Morgan fingerprint density at radius 1 is 1.40 bits per heavy atom. The summed E-state index contributed by atoms with van der Waals surface area (Å²) in [4.78, 5) is 11.6. The third-order valence-corrected chi connectivity index (χ3v) is 2.82. The van der Waals surface area contributed by atoms with Crippen molar-refractivity contribution in [2.75, 3.05) is 6.54 Å². The Morgan fingerprint density at radius 3 is 2.53 bits per heavy atom. The topological polar surface area (TPSA) is 43.1 Å². The van der Waals surface area contributed by atoms with Gasteiger partial charge in [0.15, 0.2) is 0 Å². The summed E-state index contributed by atoms with van der Waals surface area (Å²) in [5.74, 6) is 0.545. The van der Waals surface area contributed by atoms with E-state index in [0.717, 1.165) is 10.0 Å². The third kappa shape index (κ3) is 4.58. The Bertz CT molecular complexity index is 321. The number of hydrogen-bond acceptors (Lipinski definition) is 2. The van der Waals surface area contributed by atoms with Crippen LogP contribution in [0.2, 0.25) is 0 Å². The van der Waals surface area contributed by atoms with Crippen LogP contribution in [-0.2, 0) is 11.2 Å². The second kappa shape index (κ2) is 6.03. The van der Waals surface area contributed by atoms with Gasteiger partial charge in [-0.05, 0) is 30.2 Å². The molecule has 0 radical (unpaired) electrons. The maximum atomic E-state index is 11.6. The molecule has 1 unspecified atom stereocenters. The van der Waals surface area contributed by atoms with Crippen molar-refractivity contribution >= 4 is 21.7 Å². The van der Waals surface area contributed by atoms with Crippen molar-refractivity contribution in [1.82, 2.24) is 0 Å². The highest BCUT2D eigenvalue weighted by atomic mass is 79.9. The molecule has 0 bridgehead atoms. The molecule has 1 aromatic carbocycles. The molecule has 0 amide bonds. The zero-order valence-corrected chi connectivity index (χ0v) is 10.5. The lowest BCUT2D eigenvalue weighted by atomic mass is 10.00. The molecule has 82 valence electrons. The summed E-state index contributed by atoms with van der Waals surface area (Å²) in [5.41, 5.74) is 6.54. The fourth-order valence-corrected chi connectivity index (χ4v) is 1.64. The Morgan fingerprint density at radius 2 is 2.00 bits per heavy atom. The number of rotatable bonds is 5. The molecule has 0 saturated carbocycles. The zero-order valence-electron chi connectivity index (χ0n) is 8.87. The van der Waals surface area contributed by atoms with Crippen molar-refractivity contribution in [2.45, 2.75) is 19.8 Å². The van der Waals surface area contributed by atoms with E-state index >= 15 is 0 Å². The normalized spacial score (nSPS) is 12.5. The predicted molar refractivity (Wildman–Crippen MR) is 65.7 cm³/mol. The Hall–Kier alpha value is -0.670. The van der Waals surface area contributed by atoms with E-state index in [1.54, 1.807) is 0 Å². The summed E-state index contributed by atoms with van der Waals surface area (Å²) >= 11 is 3.36. The number of ketones is 1. The molecule has 0 aliphatic carbocycles. The Balaban J connectivity index is 2.48. The van der Waals surface area contributed by atoms with Crippen molar-refractivity contribution in [2.24, 2.45) is 11.7 Å². The Kier molecular flexibility index (Phi) is 4.99. The number of benzene rings is 1. The first-order valence-electron chi connectivity index (χ1n) is 5.08. The van der Waals surface area contributed by atoms with Crippen molar-refractivity contribution in [3.8, 4) is 0 Å². The number of carbonyl (C=O) groups is 1. The molecular weight excluding hydrogens is 254 g/mol. The number of hydrogen-bond donors (Lipinski definition) is 1. The molecule has 1 atom stereocenters. The fourth-order valence-electron chi connectivity index (χ4n) is 1.37. The minimum atomic E-state index is 0.260. The first-order valence-corrected chi connectivity index (χ1v) is 5.87. The van der Waals surface area contributed by atoms with E-state index in [9.17, 15) is 4.79 Å². The summed E-state index contributed by atoms with van der Waals surface area (Å²) in [6, 6.07) is 7.84. The van der Waals surface area contributed by atoms with Crippen LogP contribution in [0, 0.1) is 5.92 Å². The van der Waals surface area contributed by atoms with Gasteiger partial charge in [-0.2, -0.15) is 0 Å². The van der Waals surface area contributed by atoms with Crippen LogP contribution >= 0.6 is 15.9 Å². The van der Waals surface area contributed by atoms with Gasteiger partial charge in [0.05, 0.1) is 0 Å². The van der Waals surface area contributed by atoms with Crippen LogP contribution < -0.4 is 5.73 Å². The van der Waals surface area contributed by atoms with E-state index in [4.69, 9.17) is 5.73 Å². The number of nitrogens with two attached hydrogens (primary N) is 1. The van der Waals surface area contributed by atoms with Crippen molar-refractivity contribution in [1.29, 1.82) is 0 Å². The molecule has 1 aromatic rings. The lowest BCUT2D eigenvalue weighted by molar-refractivity contribution is -0.119. The van der Waals surface area contributed by atoms with Gasteiger partial charge >= 0.3 is 0 Å². The molecule has 3 heteroatoms. The highest BCUT2D eigenvalue weighted by Gasteiger charge is 2.08. The quantitative estimate of drug-likeness (QED) is 0.893. The number of carbonyl (C=O) groups excluding carboxylic acids is 1. The molecule has 0 aliphatic heterocycles. The second-order valence-corrected chi connectivity index (χ2v) is 4.80. The van der Waals surface area contributed by atoms with Crippen LogP contribution in [0.15, 0.2) is 28.7 Å². The standard InChI is InChI=1S/C12H16BrNO/c1-9(8-14)6-12(15)7-10-2-4-11(13)5-3-10/h2-5,9H,6-8,14H2,1H3. The molecule has 0 aromatic heterocycles. The Labute approximate surface area is 99.0 Å². The lowest BCUT2D eigenvalue weighted by Crippen LogP contribution is -2.16. The molecule has 0 heterocycles. The molecular formula is C12H16BrNO. The average Bonchev–Trinajstić information content (AvgIpc) is 2.21. The summed E-state index contributed by atoms with van der Waals surface area (Å²) in [7, 11) is 0. The van der Waals surface area contributed by atoms with E-state index in [2.05, 4.69) is 15.9 Å². The number of halogens is 1. The zero-order chi connectivity index (χ0) is 11.3. The fraction of sp³-hybridized carbons (Fsp3) is 0.417. The first-order chi connectivity index (χ1) is 7.11. The monoisotopic (exact) mass is 269 g/mol. The van der Waals surface area contributed by atoms with Gasteiger partial charge in [0.25, 0.3) is 0 Å². The van der Waals surface area contributed by atoms with Gasteiger partial charge in [-0.3, -0.25) is 4.79 Å². The molecule has 0 saturated heterocycles. The van der Waals surface area contributed by atoms with Crippen LogP contribution in [0.4, 0.5) is 0 Å². The predicted octanol–water partition coefficient (Wildman–Crippen LogP) is 2.55. The van der Waals surface area contributed by atoms with Crippen LogP contribution in [0.3, 0.4) is 0 Å². The highest BCUT2D eigenvalue weighted by molar-refractivity contribution is 9.10. The molecule has 15 heavy (non-hydrogen) atoms. The van der Waals surface area contributed by atoms with Gasteiger partial charge < -0.3 is 5.73 Å². The van der Waals surface area contributed by atoms with Crippen molar-refractivity contribution in [3.63, 3.8) is 0 Å². The van der Waals surface area contributed by atoms with Gasteiger partial charge in [-0.15, -0.1) is 0 Å². The minimum absolute atomic E-state index is 0.260. The molecule has 0 aliphatic rings. The van der Waals surface area contributed by atoms with Gasteiger partial charge in [-0.25, -0.2) is 0 Å². The van der Waals surface area contributed by atoms with Crippen LogP contribution in [0.1, 0.15) is 18.9 Å². The lowest BCUT2D eigenvalue weighted by Gasteiger charge is -2.06. The molecule has 2 N–H and O–H groups in total. The smallest absolute Gasteiger partial charge is 0.137 e. The van der Waals surface area contributed by atoms with Crippen LogP contribution in [-0.4, -0.2) is 12.3 Å². The van der Waals surface area contributed by atoms with Crippen molar-refractivity contribution in [3.05, 3.63) is 34.3 Å². The van der Waals surface area contributed by atoms with Crippen molar-refractivity contribution < 1.29 is 4.79 Å². The number of Topliss-reactive ketones (excluding diaryl/α,β-unsaturated/α-hetero) is 1. The van der Waals surface area contributed by atoms with Crippen LogP contribution in [0.25, 0.3) is 0 Å². The maximum Gasteiger partial charge on any atom is 0.137 e. The van der Waals surface area contributed by atoms with Gasteiger partial charge in [-0.1, -0.05) is 35.0 Å². The molecule has 0 spiro atoms. The van der Waals surface area contributed by atoms with E-state index < -0.39 is 0 Å². The molecule has 1 rings (SSSR count). The van der Waals surface area contributed by atoms with Gasteiger partial charge in [0.1, 0.15) is 5.78 Å². The minimum Gasteiger partial charge on any atom is -0.330 e.